The molecule has 0 saturated carbocycles. The number of rotatable bonds is 14. The molecule has 0 atom stereocenters. The second kappa shape index (κ2) is 15.3. The number of methoxy groups -OCH3 is 3. The van der Waals surface area contributed by atoms with Crippen LogP contribution >= 0.6 is 11.3 Å². The van der Waals surface area contributed by atoms with Crippen LogP contribution in [-0.2, 0) is 34.8 Å². The summed E-state index contributed by atoms with van der Waals surface area (Å²) in [6, 6.07) is 9.61. The molecule has 1 heterocycles. The molecule has 0 N–H and O–H groups in total. The summed E-state index contributed by atoms with van der Waals surface area (Å²) in [5, 5.41) is 1.83. The van der Waals surface area contributed by atoms with Crippen LogP contribution in [0.1, 0.15) is 38.3 Å². The molecular weight excluding hydrogens is 614 g/mol. The Morgan fingerprint density at radius 1 is 0.818 bits per heavy atom. The van der Waals surface area contributed by atoms with Gasteiger partial charge in [-0.25, -0.2) is 0 Å². The Bertz CT molecular complexity index is 1360. The van der Waals surface area contributed by atoms with E-state index in [4.69, 9.17) is 14.2 Å². The number of benzene rings is 2. The Hall–Kier alpha value is -3.78. The Morgan fingerprint density at radius 3 is 2.02 bits per heavy atom. The molecular formula is C30H32F6N2O5S. The van der Waals surface area contributed by atoms with Crippen molar-refractivity contribution in [1.82, 2.24) is 9.80 Å². The molecule has 0 aliphatic heterocycles. The zero-order valence-electron chi connectivity index (χ0n) is 24.3. The van der Waals surface area contributed by atoms with E-state index in [9.17, 15) is 35.9 Å². The SMILES string of the molecule is COCCCN(CC(=O)N(CCc1ccc(OC)c(OC)c1)Cc1cccs1)C(=O)c1cc(C(F)(F)F)cc(C(F)(F)F)c1. The fraction of sp³-hybridized carbons (Fsp3) is 0.400. The van der Waals surface area contributed by atoms with Crippen molar-refractivity contribution in [2.24, 2.45) is 0 Å². The maximum Gasteiger partial charge on any atom is 0.416 e. The molecule has 0 aliphatic rings. The third kappa shape index (κ3) is 9.61. The largest absolute Gasteiger partial charge is 0.493 e. The van der Waals surface area contributed by atoms with Crippen molar-refractivity contribution in [2.45, 2.75) is 31.7 Å². The summed E-state index contributed by atoms with van der Waals surface area (Å²) in [6.07, 6.45) is -9.68. The van der Waals surface area contributed by atoms with E-state index in [1.54, 1.807) is 12.1 Å². The first-order valence-corrected chi connectivity index (χ1v) is 14.2. The number of hydrogen-bond donors (Lipinski definition) is 0. The Labute approximate surface area is 254 Å². The first-order valence-electron chi connectivity index (χ1n) is 13.4. The monoisotopic (exact) mass is 646 g/mol. The van der Waals surface area contributed by atoms with Gasteiger partial charge in [0.15, 0.2) is 11.5 Å². The minimum Gasteiger partial charge on any atom is -0.493 e. The zero-order chi connectivity index (χ0) is 32.5. The van der Waals surface area contributed by atoms with E-state index >= 15 is 0 Å². The second-order valence-corrected chi connectivity index (χ2v) is 10.7. The van der Waals surface area contributed by atoms with Crippen molar-refractivity contribution < 1.29 is 50.1 Å². The van der Waals surface area contributed by atoms with Crippen LogP contribution in [0.25, 0.3) is 0 Å². The standard InChI is InChI=1S/C30H32F6N2O5S/c1-41-12-5-10-38(28(40)21-15-22(29(31,32)33)17-23(16-21)30(34,35)36)19-27(39)37(18-24-6-4-13-44-24)11-9-20-7-8-25(42-2)26(14-20)43-3/h4,6-8,13-17H,5,9-12,18-19H2,1-3H3. The molecule has 3 aromatic rings. The lowest BCUT2D eigenvalue weighted by molar-refractivity contribution is -0.143. The summed E-state index contributed by atoms with van der Waals surface area (Å²) >= 11 is 1.41. The summed E-state index contributed by atoms with van der Waals surface area (Å²) in [7, 11) is 4.39. The van der Waals surface area contributed by atoms with Crippen molar-refractivity contribution in [3.8, 4) is 11.5 Å². The van der Waals surface area contributed by atoms with Crippen molar-refractivity contribution in [3.63, 3.8) is 0 Å². The first-order chi connectivity index (χ1) is 20.8. The molecule has 14 heteroatoms. The minimum atomic E-state index is -5.13. The predicted octanol–water partition coefficient (Wildman–Crippen LogP) is 6.55. The minimum absolute atomic E-state index is 0.0475. The van der Waals surface area contributed by atoms with Gasteiger partial charge in [-0.05, 0) is 60.2 Å². The number of ether oxygens (including phenoxy) is 3. The van der Waals surface area contributed by atoms with E-state index in [1.807, 2.05) is 23.6 Å². The number of amides is 2. The Balaban J connectivity index is 1.90. The van der Waals surface area contributed by atoms with Crippen LogP contribution in [0.2, 0.25) is 0 Å². The van der Waals surface area contributed by atoms with Crippen LogP contribution in [0.15, 0.2) is 53.9 Å². The molecule has 44 heavy (non-hydrogen) atoms. The van der Waals surface area contributed by atoms with Gasteiger partial charge in [0, 0.05) is 37.2 Å². The number of hydrogen-bond acceptors (Lipinski definition) is 6. The molecule has 2 aromatic carbocycles. The van der Waals surface area contributed by atoms with Gasteiger partial charge >= 0.3 is 12.4 Å². The van der Waals surface area contributed by atoms with Crippen LogP contribution in [0.3, 0.4) is 0 Å². The summed E-state index contributed by atoms with van der Waals surface area (Å²) < 4.78 is 96.5. The van der Waals surface area contributed by atoms with Crippen LogP contribution in [0.4, 0.5) is 26.3 Å². The Morgan fingerprint density at radius 2 is 1.48 bits per heavy atom. The number of carbonyl (C=O) groups is 2. The highest BCUT2D eigenvalue weighted by molar-refractivity contribution is 7.09. The van der Waals surface area contributed by atoms with Gasteiger partial charge in [-0.15, -0.1) is 11.3 Å². The van der Waals surface area contributed by atoms with Gasteiger partial charge in [-0.2, -0.15) is 26.3 Å². The predicted molar refractivity (Wildman–Crippen MR) is 152 cm³/mol. The van der Waals surface area contributed by atoms with Crippen LogP contribution in [0.5, 0.6) is 11.5 Å². The average molecular weight is 647 g/mol. The summed E-state index contributed by atoms with van der Waals surface area (Å²) in [5.74, 6) is -0.652. The van der Waals surface area contributed by atoms with Gasteiger partial charge in [-0.1, -0.05) is 12.1 Å². The average Bonchev–Trinajstić information content (AvgIpc) is 3.50. The third-order valence-corrected chi connectivity index (χ3v) is 7.48. The first kappa shape index (κ1) is 34.7. The number of thiophene rings is 1. The maximum absolute atomic E-state index is 13.6. The van der Waals surface area contributed by atoms with Crippen molar-refractivity contribution in [2.75, 3.05) is 47.6 Å². The number of carbonyl (C=O) groups excluding carboxylic acids is 2. The molecule has 7 nitrogen and oxygen atoms in total. The second-order valence-electron chi connectivity index (χ2n) is 9.70. The molecule has 0 bridgehead atoms. The van der Waals surface area contributed by atoms with Gasteiger partial charge in [-0.3, -0.25) is 9.59 Å². The van der Waals surface area contributed by atoms with Crippen LogP contribution < -0.4 is 9.47 Å². The lowest BCUT2D eigenvalue weighted by Crippen LogP contribution is -2.44. The lowest BCUT2D eigenvalue weighted by Gasteiger charge is -2.28. The molecule has 0 spiro atoms. The smallest absolute Gasteiger partial charge is 0.416 e. The van der Waals surface area contributed by atoms with Crippen molar-refractivity contribution >= 4 is 23.2 Å². The van der Waals surface area contributed by atoms with E-state index in [2.05, 4.69) is 0 Å². The fourth-order valence-electron chi connectivity index (χ4n) is 4.36. The zero-order valence-corrected chi connectivity index (χ0v) is 25.1. The van der Waals surface area contributed by atoms with Gasteiger partial charge in [0.05, 0.1) is 31.9 Å². The number of alkyl halides is 6. The van der Waals surface area contributed by atoms with Crippen molar-refractivity contribution in [3.05, 3.63) is 81.0 Å². The van der Waals surface area contributed by atoms with Crippen LogP contribution in [0, 0.1) is 0 Å². The quantitative estimate of drug-likeness (QED) is 0.147. The molecule has 3 rings (SSSR count). The molecule has 0 radical (unpaired) electrons. The molecule has 0 aliphatic carbocycles. The van der Waals surface area contributed by atoms with Gasteiger partial charge in [0.2, 0.25) is 5.91 Å². The lowest BCUT2D eigenvalue weighted by atomic mass is 10.0. The van der Waals surface area contributed by atoms with Crippen LogP contribution in [-0.4, -0.2) is 69.2 Å². The van der Waals surface area contributed by atoms with Gasteiger partial charge in [0.25, 0.3) is 5.91 Å². The summed E-state index contributed by atoms with van der Waals surface area (Å²) in [5.41, 5.74) is -3.24. The van der Waals surface area contributed by atoms with Gasteiger partial charge in [0.1, 0.15) is 6.54 Å². The highest BCUT2D eigenvalue weighted by Gasteiger charge is 2.38. The molecule has 0 unspecified atom stereocenters. The topological polar surface area (TPSA) is 68.3 Å². The van der Waals surface area contributed by atoms with Gasteiger partial charge < -0.3 is 24.0 Å². The highest BCUT2D eigenvalue weighted by Crippen LogP contribution is 2.36. The fourth-order valence-corrected chi connectivity index (χ4v) is 5.08. The molecule has 0 fully saturated rings. The molecule has 1 aromatic heterocycles. The van der Waals surface area contributed by atoms with E-state index in [1.165, 1.54) is 37.6 Å². The molecule has 240 valence electrons. The van der Waals surface area contributed by atoms with E-state index in [0.717, 1.165) is 15.3 Å². The molecule has 2 amide bonds. The highest BCUT2D eigenvalue weighted by atomic mass is 32.1. The number of halogens is 6. The Kier molecular flexibility index (Phi) is 12.1. The summed E-state index contributed by atoms with van der Waals surface area (Å²) in [4.78, 5) is 30.4. The maximum atomic E-state index is 13.6. The molecule has 0 saturated heterocycles. The third-order valence-electron chi connectivity index (χ3n) is 6.62. The van der Waals surface area contributed by atoms with E-state index in [0.29, 0.717) is 30.1 Å². The summed E-state index contributed by atoms with van der Waals surface area (Å²) in [6.45, 7) is -0.178. The van der Waals surface area contributed by atoms with Crippen molar-refractivity contribution in [1.29, 1.82) is 0 Å². The number of nitrogens with zero attached hydrogens (tertiary/aromatic N) is 2. The van der Waals surface area contributed by atoms with E-state index < -0.39 is 47.4 Å². The normalized spacial score (nSPS) is 11.8. The van der Waals surface area contributed by atoms with E-state index in [-0.39, 0.29) is 38.7 Å².